The molecule has 276 valence electrons. The van der Waals surface area contributed by atoms with Crippen LogP contribution in [0.1, 0.15) is 75.7 Å². The van der Waals surface area contributed by atoms with E-state index in [0.29, 0.717) is 0 Å². The Balaban J connectivity index is 1.65. The summed E-state index contributed by atoms with van der Waals surface area (Å²) in [5, 5.41) is 22.6. The van der Waals surface area contributed by atoms with E-state index in [2.05, 4.69) is 0 Å². The fraction of sp³-hybridized carbons (Fsp3) is 0.778. The molecule has 0 amide bonds. The Morgan fingerprint density at radius 3 is 1.82 bits per heavy atom. The lowest BCUT2D eigenvalue weighted by Crippen LogP contribution is -2.69. The summed E-state index contributed by atoms with van der Waals surface area (Å²) in [4.78, 5) is 78.2. The van der Waals surface area contributed by atoms with Crippen molar-refractivity contribution in [3.63, 3.8) is 0 Å². The number of carboxylic acids is 1. The molecule has 0 spiro atoms. The van der Waals surface area contributed by atoms with Gasteiger partial charge in [-0.25, -0.2) is 4.79 Å². The third-order valence-corrected chi connectivity index (χ3v) is 13.7. The molecule has 0 aromatic rings. The van der Waals surface area contributed by atoms with E-state index in [0.717, 1.165) is 0 Å². The van der Waals surface area contributed by atoms with Crippen molar-refractivity contribution in [2.24, 2.45) is 57.7 Å². The van der Waals surface area contributed by atoms with E-state index in [4.69, 9.17) is 28.4 Å². The average molecular weight is 705 g/mol. The summed E-state index contributed by atoms with van der Waals surface area (Å²) < 4.78 is 36.1. The highest BCUT2D eigenvalue weighted by Gasteiger charge is 2.81. The number of aliphatic carboxylic acids is 1. The zero-order valence-corrected chi connectivity index (χ0v) is 30.1. The molecule has 4 aliphatic carbocycles. The highest BCUT2D eigenvalue weighted by atomic mass is 16.6. The van der Waals surface area contributed by atoms with Crippen LogP contribution in [0, 0.1) is 57.7 Å². The molecule has 6 unspecified atom stereocenters. The number of epoxide rings is 1. The molecule has 0 radical (unpaired) electrons. The summed E-state index contributed by atoms with van der Waals surface area (Å²) in [6, 6.07) is 0. The van der Waals surface area contributed by atoms with E-state index in [1.54, 1.807) is 19.9 Å². The number of hydrogen-bond acceptors (Lipinski definition) is 13. The third-order valence-electron chi connectivity index (χ3n) is 13.7. The molecule has 0 aromatic carbocycles. The second kappa shape index (κ2) is 11.5. The summed E-state index contributed by atoms with van der Waals surface area (Å²) >= 11 is 0. The number of fused-ring (bicyclic) bond motifs is 6. The minimum atomic E-state index is -2.05. The maximum absolute atomic E-state index is 13.2. The lowest BCUT2D eigenvalue weighted by molar-refractivity contribution is -0.252. The largest absolute Gasteiger partial charge is 0.481 e. The Bertz CT molecular complexity index is 1570. The monoisotopic (exact) mass is 704 g/mol. The molecule has 2 saturated heterocycles. The first-order chi connectivity index (χ1) is 23.1. The molecule has 17 atom stereocenters. The van der Waals surface area contributed by atoms with Crippen LogP contribution in [-0.4, -0.2) is 88.3 Å². The van der Waals surface area contributed by atoms with Gasteiger partial charge in [0.1, 0.15) is 36.3 Å². The first-order valence-electron chi connectivity index (χ1n) is 17.3. The fourth-order valence-electron chi connectivity index (χ4n) is 11.8. The van der Waals surface area contributed by atoms with Crippen LogP contribution in [0.5, 0.6) is 0 Å². The van der Waals surface area contributed by atoms with Gasteiger partial charge in [0.05, 0.1) is 17.4 Å². The lowest BCUT2D eigenvalue weighted by Gasteiger charge is -2.61. The second-order valence-electron chi connectivity index (χ2n) is 16.2. The van der Waals surface area contributed by atoms with Crippen molar-refractivity contribution in [2.75, 3.05) is 0 Å². The van der Waals surface area contributed by atoms with Gasteiger partial charge in [-0.2, -0.15) is 0 Å². The smallest absolute Gasteiger partial charge is 0.343 e. The van der Waals surface area contributed by atoms with E-state index in [-0.39, 0.29) is 12.2 Å². The Hall–Kier alpha value is -3.52. The number of hydrogen-bond donors (Lipinski definition) is 2. The normalized spacial score (nSPS) is 49.9. The van der Waals surface area contributed by atoms with Gasteiger partial charge in [-0.3, -0.25) is 24.0 Å². The molecule has 2 N–H and O–H groups in total. The van der Waals surface area contributed by atoms with Gasteiger partial charge in [0.15, 0.2) is 5.60 Å². The Labute approximate surface area is 290 Å². The van der Waals surface area contributed by atoms with E-state index in [9.17, 15) is 39.0 Å². The number of carbonyl (C=O) groups is 6. The van der Waals surface area contributed by atoms with Gasteiger partial charge in [-0.15, -0.1) is 0 Å². The van der Waals surface area contributed by atoms with Crippen LogP contribution in [0.4, 0.5) is 0 Å². The summed E-state index contributed by atoms with van der Waals surface area (Å²) in [6.45, 7) is 15.3. The molecule has 0 aromatic heterocycles. The standard InChI is InChI=1S/C36H48O14/c1-13-11-21-35(9,36(10,44)32(43)50-21)25-22(13)34(8)23(27(25)45-15(3)37)14(2)24(28(46-16(4)38)30(34)48-18(6)40)33(7)19(31(41)42)12-20-26(49-20)29(33)47-17(5)39/h11,13-14,19-20,22-30,44H,12H2,1-10H3,(H,41,42)/t13-,14?,19?,20+,22?,23?,24?,25?,26+,27-,28+,29+,30+,33+,34-,35+,36-/m1/s1. The number of rotatable bonds is 6. The fourth-order valence-corrected chi connectivity index (χ4v) is 11.8. The van der Waals surface area contributed by atoms with Crippen molar-refractivity contribution in [2.45, 2.75) is 118 Å². The van der Waals surface area contributed by atoms with E-state index in [1.165, 1.54) is 34.6 Å². The van der Waals surface area contributed by atoms with Crippen molar-refractivity contribution < 1.29 is 67.4 Å². The second-order valence-corrected chi connectivity index (χ2v) is 16.2. The Morgan fingerprint density at radius 1 is 0.760 bits per heavy atom. The van der Waals surface area contributed by atoms with Crippen molar-refractivity contribution in [1.82, 2.24) is 0 Å². The van der Waals surface area contributed by atoms with Gasteiger partial charge >= 0.3 is 35.8 Å². The Morgan fingerprint density at radius 2 is 1.28 bits per heavy atom. The zero-order valence-electron chi connectivity index (χ0n) is 30.1. The van der Waals surface area contributed by atoms with Crippen molar-refractivity contribution in [1.29, 1.82) is 0 Å². The number of allylic oxidation sites excluding steroid dienone is 1. The average Bonchev–Trinajstić information content (AvgIpc) is 3.66. The van der Waals surface area contributed by atoms with Crippen molar-refractivity contribution >= 4 is 35.8 Å². The van der Waals surface area contributed by atoms with Crippen LogP contribution < -0.4 is 0 Å². The Kier molecular flexibility index (Phi) is 8.34. The van der Waals surface area contributed by atoms with Crippen LogP contribution in [0.15, 0.2) is 11.8 Å². The molecule has 2 heterocycles. The minimum Gasteiger partial charge on any atom is -0.481 e. The van der Waals surface area contributed by atoms with Crippen LogP contribution in [0.25, 0.3) is 0 Å². The molecule has 6 aliphatic rings. The molecule has 2 aliphatic heterocycles. The van der Waals surface area contributed by atoms with E-state index >= 15 is 0 Å². The number of carbonyl (C=O) groups excluding carboxylic acids is 5. The van der Waals surface area contributed by atoms with Gasteiger partial charge in [0.25, 0.3) is 0 Å². The third kappa shape index (κ3) is 4.72. The van der Waals surface area contributed by atoms with Gasteiger partial charge in [0, 0.05) is 56.3 Å². The molecule has 3 saturated carbocycles. The summed E-state index contributed by atoms with van der Waals surface area (Å²) in [5.74, 6) is -9.78. The zero-order chi connectivity index (χ0) is 37.2. The molecule has 5 fully saturated rings. The van der Waals surface area contributed by atoms with Crippen LogP contribution in [-0.2, 0) is 57.2 Å². The summed E-state index contributed by atoms with van der Waals surface area (Å²) in [7, 11) is 0. The molecule has 14 nitrogen and oxygen atoms in total. The topological polar surface area (TPSA) is 202 Å². The molecule has 0 bridgehead atoms. The maximum Gasteiger partial charge on any atom is 0.343 e. The molecular formula is C36H48O14. The molecule has 6 rings (SSSR count). The first kappa shape index (κ1) is 36.3. The predicted octanol–water partition coefficient (Wildman–Crippen LogP) is 2.57. The number of esters is 5. The van der Waals surface area contributed by atoms with E-state index in [1.807, 2.05) is 20.8 Å². The van der Waals surface area contributed by atoms with Crippen LogP contribution in [0.2, 0.25) is 0 Å². The maximum atomic E-state index is 13.2. The van der Waals surface area contributed by atoms with Crippen molar-refractivity contribution in [3.8, 4) is 0 Å². The molecular weight excluding hydrogens is 656 g/mol. The van der Waals surface area contributed by atoms with Gasteiger partial charge in [-0.05, 0) is 44.1 Å². The molecule has 50 heavy (non-hydrogen) atoms. The highest BCUT2D eigenvalue weighted by molar-refractivity contribution is 5.85. The number of aliphatic hydroxyl groups is 1. The first-order valence-corrected chi connectivity index (χ1v) is 17.3. The van der Waals surface area contributed by atoms with Crippen LogP contribution in [0.3, 0.4) is 0 Å². The quantitative estimate of drug-likeness (QED) is 0.232. The number of ether oxygens (including phenoxy) is 6. The minimum absolute atomic E-state index is 0.0910. The predicted molar refractivity (Wildman–Crippen MR) is 168 cm³/mol. The van der Waals surface area contributed by atoms with Crippen LogP contribution >= 0.6 is 0 Å². The van der Waals surface area contributed by atoms with Crippen molar-refractivity contribution in [3.05, 3.63) is 11.8 Å². The lowest BCUT2D eigenvalue weighted by atomic mass is 9.45. The summed E-state index contributed by atoms with van der Waals surface area (Å²) in [6.07, 6.45) is -3.85. The van der Waals surface area contributed by atoms with Gasteiger partial charge in [-0.1, -0.05) is 27.7 Å². The van der Waals surface area contributed by atoms with Gasteiger partial charge < -0.3 is 38.6 Å². The number of carboxylic acid groups (broad SMARTS) is 1. The molecule has 14 heteroatoms. The van der Waals surface area contributed by atoms with E-state index < -0.39 is 136 Å². The SMILES string of the molecule is CC(=O)O[C@@H]1C2C(C)C([C@]3(C)C(C(=O)O)C[C@@H]4O[C@@H]4[C@@H]3OC(C)=O)[C@H](OC(C)=O)[C@H](OC(C)=O)[C@]2(C)C2C1[C@]1(C)C(=C[C@H]2C)OC(=O)[C@@]1(C)O. The van der Waals surface area contributed by atoms with Gasteiger partial charge in [0.2, 0.25) is 0 Å². The summed E-state index contributed by atoms with van der Waals surface area (Å²) in [5.41, 5.74) is -6.11. The highest BCUT2D eigenvalue weighted by Crippen LogP contribution is 2.74.